The molecule has 3 heteroatoms. The highest BCUT2D eigenvalue weighted by Gasteiger charge is 2.36. The van der Waals surface area contributed by atoms with E-state index in [1.807, 2.05) is 19.1 Å². The van der Waals surface area contributed by atoms with Gasteiger partial charge in [-0.05, 0) is 50.7 Å². The predicted octanol–water partition coefficient (Wildman–Crippen LogP) is 3.52. The summed E-state index contributed by atoms with van der Waals surface area (Å²) in [4.78, 5) is 2.53. The number of hydrogen-bond acceptors (Lipinski definition) is 3. The largest absolute Gasteiger partial charge is 0.496 e. The van der Waals surface area contributed by atoms with Crippen LogP contribution in [0.1, 0.15) is 50.7 Å². The zero-order chi connectivity index (χ0) is 14.1. The molecule has 1 aromatic carbocycles. The third kappa shape index (κ3) is 2.28. The van der Waals surface area contributed by atoms with Crippen molar-refractivity contribution in [3.05, 3.63) is 23.8 Å². The molecule has 3 nitrogen and oxygen atoms in total. The summed E-state index contributed by atoms with van der Waals surface area (Å²) in [7, 11) is 1.68. The molecule has 1 saturated heterocycles. The minimum atomic E-state index is -0.497. The van der Waals surface area contributed by atoms with E-state index in [2.05, 4.69) is 11.0 Å². The van der Waals surface area contributed by atoms with Crippen LogP contribution in [-0.2, 0) is 0 Å². The number of rotatable bonds is 3. The molecular weight excluding hydrogens is 250 g/mol. The van der Waals surface area contributed by atoms with Crippen LogP contribution in [0.2, 0.25) is 0 Å². The second-order valence-corrected chi connectivity index (χ2v) is 6.16. The zero-order valence-corrected chi connectivity index (χ0v) is 12.5. The van der Waals surface area contributed by atoms with Gasteiger partial charge in [-0.2, -0.15) is 0 Å². The number of fused-ring (bicyclic) bond motifs is 1. The maximum Gasteiger partial charge on any atom is 0.126 e. The van der Waals surface area contributed by atoms with Crippen LogP contribution >= 0.6 is 0 Å². The molecule has 1 saturated carbocycles. The Hall–Kier alpha value is -1.22. The summed E-state index contributed by atoms with van der Waals surface area (Å²) in [5.74, 6) is 1.65. The van der Waals surface area contributed by atoms with Crippen LogP contribution in [0.25, 0.3) is 0 Å². The van der Waals surface area contributed by atoms with Crippen LogP contribution in [-0.4, -0.2) is 24.8 Å². The molecule has 0 spiro atoms. The van der Waals surface area contributed by atoms with Crippen molar-refractivity contribution in [1.29, 1.82) is 0 Å². The average Bonchev–Trinajstić information content (AvgIpc) is 2.94. The van der Waals surface area contributed by atoms with Crippen molar-refractivity contribution in [1.82, 2.24) is 0 Å². The lowest BCUT2D eigenvalue weighted by molar-refractivity contribution is 0.194. The minimum Gasteiger partial charge on any atom is -0.496 e. The number of aliphatic hydroxyl groups is 1. The van der Waals surface area contributed by atoms with Gasteiger partial charge in [0.15, 0.2) is 0 Å². The number of piperidine rings is 1. The molecule has 20 heavy (non-hydrogen) atoms. The Balaban J connectivity index is 2.00. The van der Waals surface area contributed by atoms with Gasteiger partial charge in [-0.25, -0.2) is 0 Å². The van der Waals surface area contributed by atoms with Crippen molar-refractivity contribution in [3.8, 4) is 5.75 Å². The van der Waals surface area contributed by atoms with Crippen LogP contribution < -0.4 is 9.64 Å². The fraction of sp³-hybridized carbons (Fsp3) is 0.647. The molecule has 1 aromatic rings. The van der Waals surface area contributed by atoms with E-state index in [-0.39, 0.29) is 0 Å². The Morgan fingerprint density at radius 3 is 2.80 bits per heavy atom. The first-order chi connectivity index (χ1) is 9.72. The molecule has 3 rings (SSSR count). The number of hydrogen-bond donors (Lipinski definition) is 1. The first-order valence-corrected chi connectivity index (χ1v) is 7.84. The zero-order valence-electron chi connectivity index (χ0n) is 12.5. The lowest BCUT2D eigenvalue weighted by Crippen LogP contribution is -2.43. The number of methoxy groups -OCH3 is 1. The number of aliphatic hydroxyl groups excluding tert-OH is 1. The van der Waals surface area contributed by atoms with Crippen LogP contribution in [0.4, 0.5) is 5.69 Å². The monoisotopic (exact) mass is 275 g/mol. The number of nitrogens with zero attached hydrogens (tertiary/aromatic N) is 1. The second-order valence-electron chi connectivity index (χ2n) is 6.16. The lowest BCUT2D eigenvalue weighted by atomic mass is 9.90. The fourth-order valence-electron chi connectivity index (χ4n) is 4.13. The molecule has 0 radical (unpaired) electrons. The molecule has 0 aromatic heterocycles. The third-order valence-electron chi connectivity index (χ3n) is 4.98. The van der Waals surface area contributed by atoms with Crippen molar-refractivity contribution in [2.45, 2.75) is 51.2 Å². The smallest absolute Gasteiger partial charge is 0.126 e. The van der Waals surface area contributed by atoms with E-state index in [4.69, 9.17) is 4.74 Å². The van der Waals surface area contributed by atoms with Crippen LogP contribution in [0, 0.1) is 5.92 Å². The van der Waals surface area contributed by atoms with Crippen molar-refractivity contribution < 1.29 is 9.84 Å². The second kappa shape index (κ2) is 5.65. The van der Waals surface area contributed by atoms with E-state index in [9.17, 15) is 5.11 Å². The van der Waals surface area contributed by atoms with Gasteiger partial charge in [0.05, 0.1) is 13.2 Å². The van der Waals surface area contributed by atoms with Crippen molar-refractivity contribution in [3.63, 3.8) is 0 Å². The van der Waals surface area contributed by atoms with E-state index in [0.29, 0.717) is 6.04 Å². The van der Waals surface area contributed by atoms with Crippen LogP contribution in [0.3, 0.4) is 0 Å². The van der Waals surface area contributed by atoms with Gasteiger partial charge in [0.1, 0.15) is 5.75 Å². The van der Waals surface area contributed by atoms with Gasteiger partial charge in [0.25, 0.3) is 0 Å². The summed E-state index contributed by atoms with van der Waals surface area (Å²) >= 11 is 0. The summed E-state index contributed by atoms with van der Waals surface area (Å²) in [6, 6.07) is 6.79. The van der Waals surface area contributed by atoms with Crippen LogP contribution in [0.5, 0.6) is 5.75 Å². The molecule has 0 bridgehead atoms. The molecule has 110 valence electrons. The van der Waals surface area contributed by atoms with E-state index < -0.39 is 6.10 Å². The Morgan fingerprint density at radius 1 is 1.25 bits per heavy atom. The van der Waals surface area contributed by atoms with Gasteiger partial charge < -0.3 is 14.7 Å². The quantitative estimate of drug-likeness (QED) is 0.916. The summed E-state index contributed by atoms with van der Waals surface area (Å²) < 4.78 is 5.46. The van der Waals surface area contributed by atoms with Crippen molar-refractivity contribution >= 4 is 5.69 Å². The van der Waals surface area contributed by atoms with Gasteiger partial charge in [-0.15, -0.1) is 0 Å². The van der Waals surface area contributed by atoms with Crippen molar-refractivity contribution in [2.24, 2.45) is 5.92 Å². The third-order valence-corrected chi connectivity index (χ3v) is 4.98. The number of anilines is 1. The van der Waals surface area contributed by atoms with E-state index >= 15 is 0 Å². The molecule has 1 aliphatic carbocycles. The maximum atomic E-state index is 10.2. The molecule has 2 aliphatic rings. The van der Waals surface area contributed by atoms with Gasteiger partial charge in [-0.3, -0.25) is 0 Å². The fourth-order valence-corrected chi connectivity index (χ4v) is 4.13. The molecule has 1 aliphatic heterocycles. The lowest BCUT2D eigenvalue weighted by Gasteiger charge is -2.41. The Kier molecular flexibility index (Phi) is 3.88. The Morgan fingerprint density at radius 2 is 2.05 bits per heavy atom. The summed E-state index contributed by atoms with van der Waals surface area (Å²) in [5, 5.41) is 10.2. The van der Waals surface area contributed by atoms with E-state index in [0.717, 1.165) is 23.8 Å². The van der Waals surface area contributed by atoms with E-state index in [1.54, 1.807) is 7.11 Å². The highest BCUT2D eigenvalue weighted by atomic mass is 16.5. The SMILES string of the molecule is COc1cccc(N2CCCC3CCCC32)c1C(C)O. The number of ether oxygens (including phenoxy) is 1. The predicted molar refractivity (Wildman–Crippen MR) is 81.3 cm³/mol. The van der Waals surface area contributed by atoms with E-state index in [1.165, 1.54) is 37.8 Å². The highest BCUT2D eigenvalue weighted by Crippen LogP contribution is 2.43. The molecular formula is C17H25NO2. The first-order valence-electron chi connectivity index (χ1n) is 7.84. The van der Waals surface area contributed by atoms with Crippen molar-refractivity contribution in [2.75, 3.05) is 18.6 Å². The average molecular weight is 275 g/mol. The molecule has 3 unspecified atom stereocenters. The Labute approximate surface area is 121 Å². The topological polar surface area (TPSA) is 32.7 Å². The van der Waals surface area contributed by atoms with Gasteiger partial charge in [0.2, 0.25) is 0 Å². The summed E-state index contributed by atoms with van der Waals surface area (Å²) in [6.07, 6.45) is 6.14. The molecule has 3 atom stereocenters. The van der Waals surface area contributed by atoms with Gasteiger partial charge in [-0.1, -0.05) is 12.5 Å². The minimum absolute atomic E-state index is 0.497. The summed E-state index contributed by atoms with van der Waals surface area (Å²) in [6.45, 7) is 2.94. The summed E-state index contributed by atoms with van der Waals surface area (Å²) in [5.41, 5.74) is 2.12. The number of benzene rings is 1. The van der Waals surface area contributed by atoms with Gasteiger partial charge >= 0.3 is 0 Å². The standard InChI is InChI=1S/C17H25NO2/c1-12(19)17-15(9-4-10-16(17)20-2)18-11-5-7-13-6-3-8-14(13)18/h4,9-10,12-14,19H,3,5-8,11H2,1-2H3. The Bertz CT molecular complexity index is 472. The molecule has 2 fully saturated rings. The first kappa shape index (κ1) is 13.7. The molecule has 1 N–H and O–H groups in total. The normalized spacial score (nSPS) is 27.2. The van der Waals surface area contributed by atoms with Crippen LogP contribution in [0.15, 0.2) is 18.2 Å². The maximum absolute atomic E-state index is 10.2. The molecule has 0 amide bonds. The molecule has 1 heterocycles. The van der Waals surface area contributed by atoms with Gasteiger partial charge in [0, 0.05) is 23.8 Å². The highest BCUT2D eigenvalue weighted by molar-refractivity contribution is 5.61.